The Kier molecular flexibility index (Phi) is 5.21. The standard InChI is InChI=1S/C40H28/c1-26-19-21-32-29(23-26)25-30-24-28(20-22-33(30)32)39-35-15-7-9-17-37(35)40(38-18-10-8-16-36(38)39)34-14-6-5-13-31(34)27-11-3-2-4-12-27/h2-24H,25H2,1H3. The quantitative estimate of drug-likeness (QED) is 0.208. The van der Waals surface area contributed by atoms with Crippen LogP contribution in [0.3, 0.4) is 0 Å². The first kappa shape index (κ1) is 23.0. The Morgan fingerprint density at radius 1 is 0.375 bits per heavy atom. The molecule has 0 spiro atoms. The van der Waals surface area contributed by atoms with Crippen LogP contribution in [0.4, 0.5) is 0 Å². The van der Waals surface area contributed by atoms with Crippen molar-refractivity contribution in [2.75, 3.05) is 0 Å². The van der Waals surface area contributed by atoms with Crippen molar-refractivity contribution < 1.29 is 0 Å². The van der Waals surface area contributed by atoms with E-state index in [1.54, 1.807) is 0 Å². The van der Waals surface area contributed by atoms with Crippen LogP contribution >= 0.6 is 0 Å². The van der Waals surface area contributed by atoms with Crippen molar-refractivity contribution in [2.24, 2.45) is 0 Å². The topological polar surface area (TPSA) is 0 Å². The predicted octanol–water partition coefficient (Wildman–Crippen LogP) is 10.9. The fourth-order valence-electron chi connectivity index (χ4n) is 6.80. The molecule has 0 radical (unpaired) electrons. The van der Waals surface area contributed by atoms with Crippen molar-refractivity contribution in [2.45, 2.75) is 13.3 Å². The van der Waals surface area contributed by atoms with E-state index in [2.05, 4.69) is 146 Å². The zero-order valence-electron chi connectivity index (χ0n) is 22.5. The second-order valence-corrected chi connectivity index (χ2v) is 11.0. The maximum Gasteiger partial charge on any atom is -0.00131 e. The van der Waals surface area contributed by atoms with Crippen LogP contribution in [0.5, 0.6) is 0 Å². The number of fused-ring (bicyclic) bond motifs is 5. The normalized spacial score (nSPS) is 12.0. The highest BCUT2D eigenvalue weighted by Crippen LogP contribution is 2.47. The van der Waals surface area contributed by atoms with Gasteiger partial charge in [0, 0.05) is 0 Å². The van der Waals surface area contributed by atoms with Gasteiger partial charge in [-0.25, -0.2) is 0 Å². The molecule has 0 saturated carbocycles. The van der Waals surface area contributed by atoms with Gasteiger partial charge in [-0.3, -0.25) is 0 Å². The van der Waals surface area contributed by atoms with Gasteiger partial charge in [0.15, 0.2) is 0 Å². The van der Waals surface area contributed by atoms with E-state index in [0.29, 0.717) is 0 Å². The van der Waals surface area contributed by atoms with Gasteiger partial charge < -0.3 is 0 Å². The zero-order valence-corrected chi connectivity index (χ0v) is 22.5. The summed E-state index contributed by atoms with van der Waals surface area (Å²) < 4.78 is 0. The van der Waals surface area contributed by atoms with Gasteiger partial charge in [0.2, 0.25) is 0 Å². The highest BCUT2D eigenvalue weighted by molar-refractivity contribution is 6.22. The molecule has 40 heavy (non-hydrogen) atoms. The van der Waals surface area contributed by atoms with Crippen LogP contribution in [-0.4, -0.2) is 0 Å². The van der Waals surface area contributed by atoms with Gasteiger partial charge in [-0.1, -0.05) is 145 Å². The Bertz CT molecular complexity index is 2020. The molecule has 8 rings (SSSR count). The van der Waals surface area contributed by atoms with Crippen LogP contribution in [0.1, 0.15) is 16.7 Å². The molecular weight excluding hydrogens is 480 g/mol. The summed E-state index contributed by atoms with van der Waals surface area (Å²) in [7, 11) is 0. The zero-order chi connectivity index (χ0) is 26.6. The fourth-order valence-corrected chi connectivity index (χ4v) is 6.80. The largest absolute Gasteiger partial charge is 0.0622 e. The van der Waals surface area contributed by atoms with Crippen LogP contribution in [-0.2, 0) is 6.42 Å². The first-order valence-electron chi connectivity index (χ1n) is 14.1. The van der Waals surface area contributed by atoms with Crippen LogP contribution in [0.2, 0.25) is 0 Å². The van der Waals surface area contributed by atoms with E-state index in [4.69, 9.17) is 0 Å². The Labute approximate surface area is 235 Å². The minimum Gasteiger partial charge on any atom is -0.0622 e. The van der Waals surface area contributed by atoms with Crippen LogP contribution < -0.4 is 0 Å². The lowest BCUT2D eigenvalue weighted by atomic mass is 9.83. The summed E-state index contributed by atoms with van der Waals surface area (Å²) in [6, 6.07) is 51.5. The summed E-state index contributed by atoms with van der Waals surface area (Å²) in [5, 5.41) is 5.17. The second kappa shape index (κ2) is 9.07. The van der Waals surface area contributed by atoms with Gasteiger partial charge in [0.05, 0.1) is 0 Å². The van der Waals surface area contributed by atoms with Crippen molar-refractivity contribution in [1.29, 1.82) is 0 Å². The molecule has 1 aliphatic carbocycles. The lowest BCUT2D eigenvalue weighted by Crippen LogP contribution is -1.93. The number of hydrogen-bond donors (Lipinski definition) is 0. The smallest absolute Gasteiger partial charge is 0.00131 e. The number of aryl methyl sites for hydroxylation is 1. The van der Waals surface area contributed by atoms with Crippen molar-refractivity contribution in [3.63, 3.8) is 0 Å². The minimum atomic E-state index is 0.999. The third-order valence-electron chi connectivity index (χ3n) is 8.54. The monoisotopic (exact) mass is 508 g/mol. The summed E-state index contributed by atoms with van der Waals surface area (Å²) >= 11 is 0. The SMILES string of the molecule is Cc1ccc2c(c1)Cc1cc(-c3c4ccccc4c(-c4ccccc4-c4ccccc4)c4ccccc34)ccc1-2. The minimum absolute atomic E-state index is 0.999. The highest BCUT2D eigenvalue weighted by Gasteiger charge is 2.22. The van der Waals surface area contributed by atoms with Crippen LogP contribution in [0, 0.1) is 6.92 Å². The Morgan fingerprint density at radius 2 is 0.900 bits per heavy atom. The average Bonchev–Trinajstić information content (AvgIpc) is 3.37. The molecule has 0 heterocycles. The summed E-state index contributed by atoms with van der Waals surface area (Å²) in [4.78, 5) is 0. The fraction of sp³-hybridized carbons (Fsp3) is 0.0500. The van der Waals surface area contributed by atoms with E-state index in [-0.39, 0.29) is 0 Å². The summed E-state index contributed by atoms with van der Waals surface area (Å²) in [5.74, 6) is 0. The van der Waals surface area contributed by atoms with Gasteiger partial charge in [-0.15, -0.1) is 0 Å². The molecule has 0 saturated heterocycles. The van der Waals surface area contributed by atoms with Crippen LogP contribution in [0.25, 0.3) is 66.1 Å². The molecule has 7 aromatic rings. The van der Waals surface area contributed by atoms with E-state index in [9.17, 15) is 0 Å². The average molecular weight is 509 g/mol. The molecule has 0 aromatic heterocycles. The van der Waals surface area contributed by atoms with Crippen molar-refractivity contribution in [1.82, 2.24) is 0 Å². The Balaban J connectivity index is 1.41. The van der Waals surface area contributed by atoms with E-state index >= 15 is 0 Å². The first-order chi connectivity index (χ1) is 19.8. The molecule has 0 fully saturated rings. The van der Waals surface area contributed by atoms with Crippen LogP contribution in [0.15, 0.2) is 140 Å². The Morgan fingerprint density at radius 3 is 1.57 bits per heavy atom. The molecule has 0 amide bonds. The number of benzene rings is 7. The first-order valence-corrected chi connectivity index (χ1v) is 14.1. The molecule has 1 aliphatic rings. The summed E-state index contributed by atoms with van der Waals surface area (Å²) in [6.45, 7) is 2.18. The van der Waals surface area contributed by atoms with Crippen molar-refractivity contribution in [3.05, 3.63) is 156 Å². The molecular formula is C40H28. The summed E-state index contributed by atoms with van der Waals surface area (Å²) in [6.07, 6.45) is 0.999. The lowest BCUT2D eigenvalue weighted by Gasteiger charge is -2.20. The van der Waals surface area contributed by atoms with E-state index in [1.807, 2.05) is 0 Å². The highest BCUT2D eigenvalue weighted by atomic mass is 14.3. The molecule has 0 atom stereocenters. The summed E-state index contributed by atoms with van der Waals surface area (Å²) in [5.41, 5.74) is 14.6. The van der Waals surface area contributed by atoms with Gasteiger partial charge in [0.25, 0.3) is 0 Å². The molecule has 0 aliphatic heterocycles. The maximum atomic E-state index is 2.44. The van der Waals surface area contributed by atoms with Crippen molar-refractivity contribution in [3.8, 4) is 44.5 Å². The molecule has 0 nitrogen and oxygen atoms in total. The van der Waals surface area contributed by atoms with Gasteiger partial charge >= 0.3 is 0 Å². The maximum absolute atomic E-state index is 2.44. The van der Waals surface area contributed by atoms with Gasteiger partial charge in [-0.05, 0) is 90.5 Å². The third kappa shape index (κ3) is 3.53. The molecule has 0 unspecified atom stereocenters. The molecule has 0 bridgehead atoms. The molecule has 7 aromatic carbocycles. The van der Waals surface area contributed by atoms with Crippen molar-refractivity contribution >= 4 is 21.5 Å². The van der Waals surface area contributed by atoms with Gasteiger partial charge in [0.1, 0.15) is 0 Å². The van der Waals surface area contributed by atoms with Gasteiger partial charge in [-0.2, -0.15) is 0 Å². The van der Waals surface area contributed by atoms with E-state index < -0.39 is 0 Å². The lowest BCUT2D eigenvalue weighted by molar-refractivity contribution is 1.25. The predicted molar refractivity (Wildman–Crippen MR) is 171 cm³/mol. The molecule has 0 N–H and O–H groups in total. The number of hydrogen-bond acceptors (Lipinski definition) is 0. The molecule has 188 valence electrons. The number of rotatable bonds is 3. The second-order valence-electron chi connectivity index (χ2n) is 11.0. The van der Waals surface area contributed by atoms with E-state index in [0.717, 1.165) is 6.42 Å². The molecule has 0 heteroatoms. The third-order valence-corrected chi connectivity index (χ3v) is 8.54. The van der Waals surface area contributed by atoms with E-state index in [1.165, 1.54) is 82.7 Å². The Hall–Kier alpha value is -4.94.